The number of rotatable bonds is 7. The average molecular weight is 381 g/mol. The van der Waals surface area contributed by atoms with Crippen LogP contribution in [0.2, 0.25) is 0 Å². The van der Waals surface area contributed by atoms with Crippen LogP contribution < -0.4 is 10.1 Å². The highest BCUT2D eigenvalue weighted by atomic mass is 16.5. The van der Waals surface area contributed by atoms with E-state index >= 15 is 0 Å². The Bertz CT molecular complexity index is 810. The monoisotopic (exact) mass is 380 g/mol. The van der Waals surface area contributed by atoms with E-state index in [1.54, 1.807) is 6.20 Å². The van der Waals surface area contributed by atoms with Crippen LogP contribution in [0.3, 0.4) is 0 Å². The molecule has 1 fully saturated rings. The standard InChI is InChI=1S/C24H32N2O2/c1-4-5-14-28-22-19(3)16-21(17-25-22)26-23(27)24(12-7-6-8-13-24)20-11-9-10-18(2)15-20/h9-11,15-17H,4-8,12-14H2,1-3H3,(H,26,27). The van der Waals surface area contributed by atoms with Crippen LogP contribution in [0.1, 0.15) is 68.6 Å². The van der Waals surface area contributed by atoms with Gasteiger partial charge in [-0.2, -0.15) is 0 Å². The molecule has 0 radical (unpaired) electrons. The van der Waals surface area contributed by atoms with Gasteiger partial charge in [0.1, 0.15) is 0 Å². The lowest BCUT2D eigenvalue weighted by atomic mass is 9.68. The number of hydrogen-bond donors (Lipinski definition) is 1. The number of ether oxygens (including phenoxy) is 1. The van der Waals surface area contributed by atoms with Gasteiger partial charge < -0.3 is 10.1 Å². The lowest BCUT2D eigenvalue weighted by Crippen LogP contribution is -2.42. The number of aryl methyl sites for hydroxylation is 2. The summed E-state index contributed by atoms with van der Waals surface area (Å²) in [5, 5.41) is 3.15. The molecule has 0 atom stereocenters. The molecule has 1 N–H and O–H groups in total. The highest BCUT2D eigenvalue weighted by Gasteiger charge is 2.41. The number of carbonyl (C=O) groups is 1. The average Bonchev–Trinajstić information content (AvgIpc) is 2.70. The maximum Gasteiger partial charge on any atom is 0.235 e. The molecule has 0 aliphatic heterocycles. The van der Waals surface area contributed by atoms with Crippen molar-refractivity contribution in [1.29, 1.82) is 0 Å². The highest BCUT2D eigenvalue weighted by molar-refractivity contribution is 5.99. The van der Waals surface area contributed by atoms with Crippen LogP contribution in [0.15, 0.2) is 36.5 Å². The van der Waals surface area contributed by atoms with Gasteiger partial charge in [-0.25, -0.2) is 4.98 Å². The zero-order valence-corrected chi connectivity index (χ0v) is 17.4. The van der Waals surface area contributed by atoms with E-state index in [0.717, 1.165) is 55.3 Å². The maximum atomic E-state index is 13.4. The Morgan fingerprint density at radius 3 is 2.64 bits per heavy atom. The summed E-state index contributed by atoms with van der Waals surface area (Å²) in [6.45, 7) is 6.87. The summed E-state index contributed by atoms with van der Waals surface area (Å²) >= 11 is 0. The fourth-order valence-electron chi connectivity index (χ4n) is 4.09. The van der Waals surface area contributed by atoms with E-state index in [1.165, 1.54) is 12.0 Å². The number of amides is 1. The number of carbonyl (C=O) groups excluding carboxylic acids is 1. The zero-order chi connectivity index (χ0) is 20.0. The predicted octanol–water partition coefficient (Wildman–Crippen LogP) is 5.72. The minimum atomic E-state index is -0.450. The first-order valence-electron chi connectivity index (χ1n) is 10.5. The van der Waals surface area contributed by atoms with Crippen molar-refractivity contribution in [1.82, 2.24) is 4.98 Å². The zero-order valence-electron chi connectivity index (χ0n) is 17.4. The molecule has 0 bridgehead atoms. The van der Waals surface area contributed by atoms with Crippen LogP contribution in [0, 0.1) is 13.8 Å². The molecule has 1 saturated carbocycles. The van der Waals surface area contributed by atoms with Gasteiger partial charge in [0, 0.05) is 5.56 Å². The summed E-state index contributed by atoms with van der Waals surface area (Å²) in [6, 6.07) is 10.4. The van der Waals surface area contributed by atoms with Crippen molar-refractivity contribution in [2.24, 2.45) is 0 Å². The molecule has 0 saturated heterocycles. The van der Waals surface area contributed by atoms with E-state index < -0.39 is 5.41 Å². The van der Waals surface area contributed by atoms with Gasteiger partial charge in [-0.1, -0.05) is 62.4 Å². The topological polar surface area (TPSA) is 51.2 Å². The first-order valence-corrected chi connectivity index (χ1v) is 10.5. The van der Waals surface area contributed by atoms with Crippen LogP contribution in [0.4, 0.5) is 5.69 Å². The second-order valence-electron chi connectivity index (χ2n) is 8.01. The van der Waals surface area contributed by atoms with Crippen molar-refractivity contribution in [2.75, 3.05) is 11.9 Å². The molecule has 28 heavy (non-hydrogen) atoms. The molecule has 1 aromatic carbocycles. The second kappa shape index (κ2) is 9.22. The fourth-order valence-corrected chi connectivity index (χ4v) is 4.09. The number of nitrogens with zero attached hydrogens (tertiary/aromatic N) is 1. The van der Waals surface area contributed by atoms with Crippen LogP contribution in [-0.2, 0) is 10.2 Å². The van der Waals surface area contributed by atoms with Crippen molar-refractivity contribution in [3.63, 3.8) is 0 Å². The molecule has 1 aliphatic rings. The summed E-state index contributed by atoms with van der Waals surface area (Å²) in [6.07, 6.45) is 8.97. The Labute approximate surface area is 168 Å². The summed E-state index contributed by atoms with van der Waals surface area (Å²) in [5.41, 5.74) is 3.56. The van der Waals surface area contributed by atoms with E-state index in [9.17, 15) is 4.79 Å². The van der Waals surface area contributed by atoms with Crippen LogP contribution in [0.25, 0.3) is 0 Å². The molecule has 2 aromatic rings. The molecule has 3 rings (SSSR count). The van der Waals surface area contributed by atoms with E-state index in [1.807, 2.05) is 13.0 Å². The summed E-state index contributed by atoms with van der Waals surface area (Å²) in [5.74, 6) is 0.733. The summed E-state index contributed by atoms with van der Waals surface area (Å²) < 4.78 is 5.73. The third-order valence-electron chi connectivity index (χ3n) is 5.74. The van der Waals surface area contributed by atoms with E-state index in [2.05, 4.69) is 48.4 Å². The molecular formula is C24H32N2O2. The van der Waals surface area contributed by atoms with Crippen molar-refractivity contribution in [3.8, 4) is 5.88 Å². The van der Waals surface area contributed by atoms with Crippen molar-refractivity contribution >= 4 is 11.6 Å². The molecule has 4 nitrogen and oxygen atoms in total. The van der Waals surface area contributed by atoms with Gasteiger partial charge in [0.2, 0.25) is 11.8 Å². The van der Waals surface area contributed by atoms with Crippen LogP contribution >= 0.6 is 0 Å². The highest BCUT2D eigenvalue weighted by Crippen LogP contribution is 2.40. The number of pyridine rings is 1. The van der Waals surface area contributed by atoms with E-state index in [0.29, 0.717) is 12.5 Å². The van der Waals surface area contributed by atoms with Gasteiger partial charge in [0.05, 0.1) is 23.9 Å². The van der Waals surface area contributed by atoms with Crippen LogP contribution in [-0.4, -0.2) is 17.5 Å². The SMILES string of the molecule is CCCCOc1ncc(NC(=O)C2(c3cccc(C)c3)CCCCC2)cc1C. The third kappa shape index (κ3) is 4.54. The minimum absolute atomic E-state index is 0.0821. The number of anilines is 1. The third-order valence-corrected chi connectivity index (χ3v) is 5.74. The van der Waals surface area contributed by atoms with Crippen molar-refractivity contribution < 1.29 is 9.53 Å². The minimum Gasteiger partial charge on any atom is -0.477 e. The lowest BCUT2D eigenvalue weighted by molar-refractivity contribution is -0.122. The van der Waals surface area contributed by atoms with Crippen molar-refractivity contribution in [2.45, 2.75) is 71.1 Å². The smallest absolute Gasteiger partial charge is 0.235 e. The normalized spacial score (nSPS) is 15.8. The predicted molar refractivity (Wildman–Crippen MR) is 114 cm³/mol. The van der Waals surface area contributed by atoms with Crippen LogP contribution in [0.5, 0.6) is 5.88 Å². The summed E-state index contributed by atoms with van der Waals surface area (Å²) in [4.78, 5) is 17.9. The Morgan fingerprint density at radius 1 is 1.18 bits per heavy atom. The molecule has 0 spiro atoms. The lowest BCUT2D eigenvalue weighted by Gasteiger charge is -2.36. The molecule has 1 aromatic heterocycles. The number of nitrogens with one attached hydrogen (secondary N) is 1. The first-order chi connectivity index (χ1) is 13.5. The van der Waals surface area contributed by atoms with Crippen molar-refractivity contribution in [3.05, 3.63) is 53.2 Å². The molecule has 1 aliphatic carbocycles. The van der Waals surface area contributed by atoms with Gasteiger partial charge in [0.25, 0.3) is 0 Å². The Hall–Kier alpha value is -2.36. The van der Waals surface area contributed by atoms with E-state index in [-0.39, 0.29) is 5.91 Å². The van der Waals surface area contributed by atoms with Gasteiger partial charge in [-0.05, 0) is 44.7 Å². The van der Waals surface area contributed by atoms with Gasteiger partial charge >= 0.3 is 0 Å². The Morgan fingerprint density at radius 2 is 1.96 bits per heavy atom. The largest absolute Gasteiger partial charge is 0.477 e. The Kier molecular flexibility index (Phi) is 6.71. The van der Waals surface area contributed by atoms with E-state index in [4.69, 9.17) is 4.74 Å². The molecule has 150 valence electrons. The number of aromatic nitrogens is 1. The molecule has 1 amide bonds. The fraction of sp³-hybridized carbons (Fsp3) is 0.500. The molecular weight excluding hydrogens is 348 g/mol. The Balaban J connectivity index is 1.80. The quantitative estimate of drug-likeness (QED) is 0.625. The maximum absolute atomic E-state index is 13.4. The van der Waals surface area contributed by atoms with Gasteiger partial charge in [-0.3, -0.25) is 4.79 Å². The number of hydrogen-bond acceptors (Lipinski definition) is 3. The molecule has 4 heteroatoms. The number of benzene rings is 1. The van der Waals surface area contributed by atoms with Gasteiger partial charge in [-0.15, -0.1) is 0 Å². The first kappa shape index (κ1) is 20.4. The molecule has 1 heterocycles. The molecule has 0 unspecified atom stereocenters. The number of unbranched alkanes of at least 4 members (excludes halogenated alkanes) is 1. The summed E-state index contributed by atoms with van der Waals surface area (Å²) in [7, 11) is 0. The second-order valence-corrected chi connectivity index (χ2v) is 8.01. The van der Waals surface area contributed by atoms with Gasteiger partial charge in [0.15, 0.2) is 0 Å².